The van der Waals surface area contributed by atoms with E-state index in [0.29, 0.717) is 0 Å². The first-order chi connectivity index (χ1) is 8.09. The second-order valence-corrected chi connectivity index (χ2v) is 4.49. The largest absolute Gasteiger partial charge is 0.391 e. The van der Waals surface area contributed by atoms with Crippen LogP contribution in [0.5, 0.6) is 0 Å². The van der Waals surface area contributed by atoms with Crippen LogP contribution in [0.4, 0.5) is 14.6 Å². The third-order valence-corrected chi connectivity index (χ3v) is 3.31. The van der Waals surface area contributed by atoms with Crippen LogP contribution >= 0.6 is 0 Å². The highest BCUT2D eigenvalue weighted by Crippen LogP contribution is 2.26. The van der Waals surface area contributed by atoms with Crippen LogP contribution in [-0.2, 0) is 0 Å². The molecule has 1 fully saturated rings. The summed E-state index contributed by atoms with van der Waals surface area (Å²) in [6.07, 6.45) is 4.04. The number of rotatable bonds is 2. The molecular formula is C12H16F2N2O. The molecule has 1 aliphatic rings. The SMILES string of the molecule is CN(c1ncc(F)cc1F)C1CCCCC1O. The summed E-state index contributed by atoms with van der Waals surface area (Å²) < 4.78 is 26.3. The van der Waals surface area contributed by atoms with Crippen molar-refractivity contribution in [2.75, 3.05) is 11.9 Å². The van der Waals surface area contributed by atoms with E-state index in [1.807, 2.05) is 0 Å². The lowest BCUT2D eigenvalue weighted by Crippen LogP contribution is -2.44. The molecule has 0 bridgehead atoms. The van der Waals surface area contributed by atoms with Crippen LogP contribution in [0.3, 0.4) is 0 Å². The van der Waals surface area contributed by atoms with Gasteiger partial charge in [0.1, 0.15) is 5.82 Å². The molecule has 2 atom stereocenters. The fourth-order valence-corrected chi connectivity index (χ4v) is 2.37. The lowest BCUT2D eigenvalue weighted by Gasteiger charge is -2.35. The smallest absolute Gasteiger partial charge is 0.168 e. The Morgan fingerprint density at radius 1 is 1.35 bits per heavy atom. The minimum atomic E-state index is -0.691. The Morgan fingerprint density at radius 2 is 2.06 bits per heavy atom. The molecule has 1 N–H and O–H groups in total. The highest BCUT2D eigenvalue weighted by atomic mass is 19.1. The quantitative estimate of drug-likeness (QED) is 0.862. The molecule has 0 amide bonds. The molecule has 17 heavy (non-hydrogen) atoms. The molecule has 0 aliphatic heterocycles. The molecule has 1 aliphatic carbocycles. The number of hydrogen-bond acceptors (Lipinski definition) is 3. The maximum Gasteiger partial charge on any atom is 0.168 e. The van der Waals surface area contributed by atoms with Gasteiger partial charge in [-0.15, -0.1) is 0 Å². The summed E-state index contributed by atoms with van der Waals surface area (Å²) in [5.74, 6) is -1.29. The highest BCUT2D eigenvalue weighted by Gasteiger charge is 2.28. The molecule has 2 rings (SSSR count). The summed E-state index contributed by atoms with van der Waals surface area (Å²) in [6, 6.07) is 0.671. The van der Waals surface area contributed by atoms with Crippen molar-refractivity contribution < 1.29 is 13.9 Å². The van der Waals surface area contributed by atoms with Crippen molar-refractivity contribution in [2.24, 2.45) is 0 Å². The minimum absolute atomic E-state index is 0.0948. The highest BCUT2D eigenvalue weighted by molar-refractivity contribution is 5.40. The zero-order valence-electron chi connectivity index (χ0n) is 9.74. The van der Waals surface area contributed by atoms with Gasteiger partial charge in [0.2, 0.25) is 0 Å². The van der Waals surface area contributed by atoms with E-state index < -0.39 is 17.7 Å². The molecule has 2 unspecified atom stereocenters. The van der Waals surface area contributed by atoms with Crippen LogP contribution in [0.25, 0.3) is 0 Å². The summed E-state index contributed by atoms with van der Waals surface area (Å²) >= 11 is 0. The molecule has 1 aromatic heterocycles. The van der Waals surface area contributed by atoms with Crippen LogP contribution in [0.1, 0.15) is 25.7 Å². The summed E-state index contributed by atoms with van der Waals surface area (Å²) in [4.78, 5) is 5.36. The molecule has 1 heterocycles. The number of anilines is 1. The summed E-state index contributed by atoms with van der Waals surface area (Å²) in [5, 5.41) is 9.88. The van der Waals surface area contributed by atoms with Gasteiger partial charge in [0.05, 0.1) is 18.3 Å². The lowest BCUT2D eigenvalue weighted by molar-refractivity contribution is 0.105. The van der Waals surface area contributed by atoms with Gasteiger partial charge in [-0.3, -0.25) is 0 Å². The number of hydrogen-bond donors (Lipinski definition) is 1. The number of nitrogens with zero attached hydrogens (tertiary/aromatic N) is 2. The van der Waals surface area contributed by atoms with Crippen molar-refractivity contribution in [1.82, 2.24) is 4.98 Å². The summed E-state index contributed by atoms with van der Waals surface area (Å²) in [7, 11) is 1.68. The number of aromatic nitrogens is 1. The zero-order chi connectivity index (χ0) is 12.4. The Morgan fingerprint density at radius 3 is 2.71 bits per heavy atom. The van der Waals surface area contributed by atoms with Gasteiger partial charge in [-0.25, -0.2) is 13.8 Å². The molecule has 5 heteroatoms. The molecule has 94 valence electrons. The van der Waals surface area contributed by atoms with Gasteiger partial charge < -0.3 is 10.0 Å². The monoisotopic (exact) mass is 242 g/mol. The van der Waals surface area contributed by atoms with E-state index in [1.165, 1.54) is 0 Å². The first kappa shape index (κ1) is 12.2. The third kappa shape index (κ3) is 2.54. The molecular weight excluding hydrogens is 226 g/mol. The number of likely N-dealkylation sites (N-methyl/N-ethyl adjacent to an activating group) is 1. The average Bonchev–Trinajstić information content (AvgIpc) is 2.29. The van der Waals surface area contributed by atoms with E-state index in [-0.39, 0.29) is 11.9 Å². The van der Waals surface area contributed by atoms with Crippen molar-refractivity contribution in [1.29, 1.82) is 0 Å². The van der Waals surface area contributed by atoms with E-state index in [4.69, 9.17) is 0 Å². The fraction of sp³-hybridized carbons (Fsp3) is 0.583. The lowest BCUT2D eigenvalue weighted by atomic mass is 9.91. The molecule has 1 saturated carbocycles. The number of pyridine rings is 1. The Balaban J connectivity index is 2.20. The Kier molecular flexibility index (Phi) is 3.57. The number of aliphatic hydroxyl groups excluding tert-OH is 1. The molecule has 0 radical (unpaired) electrons. The van der Waals surface area contributed by atoms with Gasteiger partial charge in [-0.2, -0.15) is 0 Å². The van der Waals surface area contributed by atoms with E-state index in [2.05, 4.69) is 4.98 Å². The van der Waals surface area contributed by atoms with Gasteiger partial charge in [-0.05, 0) is 12.8 Å². The van der Waals surface area contributed by atoms with Crippen molar-refractivity contribution in [3.8, 4) is 0 Å². The molecule has 1 aromatic rings. The van der Waals surface area contributed by atoms with E-state index in [9.17, 15) is 13.9 Å². The number of aliphatic hydroxyl groups is 1. The maximum atomic E-state index is 13.6. The Labute approximate surface area is 99.1 Å². The van der Waals surface area contributed by atoms with Gasteiger partial charge in [-0.1, -0.05) is 12.8 Å². The predicted molar refractivity (Wildman–Crippen MR) is 60.8 cm³/mol. The topological polar surface area (TPSA) is 36.4 Å². The predicted octanol–water partition coefficient (Wildman–Crippen LogP) is 2.10. The van der Waals surface area contributed by atoms with Gasteiger partial charge in [0.25, 0.3) is 0 Å². The van der Waals surface area contributed by atoms with Gasteiger partial charge in [0, 0.05) is 13.1 Å². The standard InChI is InChI=1S/C12H16F2N2O/c1-16(10-4-2-3-5-11(10)17)12-9(14)6-8(13)7-15-12/h6-7,10-11,17H,2-5H2,1H3. The molecule has 0 spiro atoms. The van der Waals surface area contributed by atoms with Crippen LogP contribution in [0.2, 0.25) is 0 Å². The first-order valence-corrected chi connectivity index (χ1v) is 5.81. The van der Waals surface area contributed by atoms with Crippen molar-refractivity contribution in [3.63, 3.8) is 0 Å². The normalized spacial score (nSPS) is 24.7. The second kappa shape index (κ2) is 4.96. The fourth-order valence-electron chi connectivity index (χ4n) is 2.37. The van der Waals surface area contributed by atoms with E-state index >= 15 is 0 Å². The Bertz CT molecular complexity index is 400. The Hall–Kier alpha value is -1.23. The molecule has 0 saturated heterocycles. The zero-order valence-corrected chi connectivity index (χ0v) is 9.74. The van der Waals surface area contributed by atoms with Gasteiger partial charge >= 0.3 is 0 Å². The van der Waals surface area contributed by atoms with Crippen LogP contribution in [0.15, 0.2) is 12.3 Å². The van der Waals surface area contributed by atoms with E-state index in [1.54, 1.807) is 11.9 Å². The third-order valence-electron chi connectivity index (χ3n) is 3.31. The second-order valence-electron chi connectivity index (χ2n) is 4.49. The van der Waals surface area contributed by atoms with Crippen LogP contribution < -0.4 is 4.90 Å². The van der Waals surface area contributed by atoms with Crippen LogP contribution in [-0.4, -0.2) is 29.3 Å². The molecule has 3 nitrogen and oxygen atoms in total. The van der Waals surface area contributed by atoms with Crippen molar-refractivity contribution >= 4 is 5.82 Å². The van der Waals surface area contributed by atoms with Gasteiger partial charge in [0.15, 0.2) is 11.6 Å². The summed E-state index contributed by atoms with van der Waals surface area (Å²) in [6.45, 7) is 0. The number of halogens is 2. The minimum Gasteiger partial charge on any atom is -0.391 e. The average molecular weight is 242 g/mol. The summed E-state index contributed by atoms with van der Waals surface area (Å²) in [5.41, 5.74) is 0. The van der Waals surface area contributed by atoms with Crippen molar-refractivity contribution in [2.45, 2.75) is 37.8 Å². The van der Waals surface area contributed by atoms with Crippen molar-refractivity contribution in [3.05, 3.63) is 23.9 Å². The first-order valence-electron chi connectivity index (χ1n) is 5.81. The van der Waals surface area contributed by atoms with Crippen LogP contribution in [0, 0.1) is 11.6 Å². The molecule has 0 aromatic carbocycles. The maximum absolute atomic E-state index is 13.6. The van der Waals surface area contributed by atoms with E-state index in [0.717, 1.165) is 37.9 Å².